The summed E-state index contributed by atoms with van der Waals surface area (Å²) in [6.45, 7) is 3.82. The summed E-state index contributed by atoms with van der Waals surface area (Å²) < 4.78 is 0. The zero-order valence-corrected chi connectivity index (χ0v) is 9.09. The molecule has 0 saturated heterocycles. The summed E-state index contributed by atoms with van der Waals surface area (Å²) in [6, 6.07) is 3.47. The Bertz CT molecular complexity index is 350. The molecular weight excluding hydrogens is 234 g/mol. The molecule has 0 radical (unpaired) electrons. The zero-order chi connectivity index (χ0) is 10.0. The van der Waals surface area contributed by atoms with Crippen LogP contribution in [-0.2, 0) is 5.33 Å². The summed E-state index contributed by atoms with van der Waals surface area (Å²) in [7, 11) is 0. The van der Waals surface area contributed by atoms with Gasteiger partial charge in [-0.2, -0.15) is 0 Å². The van der Waals surface area contributed by atoms with Crippen LogP contribution >= 0.6 is 15.9 Å². The van der Waals surface area contributed by atoms with Crippen LogP contribution in [0.1, 0.15) is 16.7 Å². The Morgan fingerprint density at radius 2 is 1.92 bits per heavy atom. The zero-order valence-electron chi connectivity index (χ0n) is 7.50. The molecule has 0 saturated carbocycles. The molecule has 70 valence electrons. The van der Waals surface area contributed by atoms with Gasteiger partial charge >= 0.3 is 0 Å². The van der Waals surface area contributed by atoms with Gasteiger partial charge in [-0.15, -0.1) is 0 Å². The second kappa shape index (κ2) is 3.87. The first-order valence-electron chi connectivity index (χ1n) is 3.86. The number of benzene rings is 1. The van der Waals surface area contributed by atoms with E-state index in [1.807, 2.05) is 19.9 Å². The number of halogens is 1. The highest BCUT2D eigenvalue weighted by Crippen LogP contribution is 2.24. The topological polar surface area (TPSA) is 43.1 Å². The Balaban J connectivity index is 3.33. The quantitative estimate of drug-likeness (QED) is 0.455. The van der Waals surface area contributed by atoms with E-state index in [0.29, 0.717) is 5.33 Å². The van der Waals surface area contributed by atoms with Crippen molar-refractivity contribution in [2.75, 3.05) is 0 Å². The number of nitro groups is 1. The Morgan fingerprint density at radius 1 is 1.38 bits per heavy atom. The third-order valence-electron chi connectivity index (χ3n) is 2.04. The second-order valence-electron chi connectivity index (χ2n) is 2.96. The van der Waals surface area contributed by atoms with Gasteiger partial charge in [0.05, 0.1) is 4.92 Å². The molecule has 0 bridgehead atoms. The summed E-state index contributed by atoms with van der Waals surface area (Å²) in [5.74, 6) is 0. The molecule has 0 aliphatic heterocycles. The van der Waals surface area contributed by atoms with Gasteiger partial charge in [0, 0.05) is 17.0 Å². The predicted molar refractivity (Wildman–Crippen MR) is 55.2 cm³/mol. The van der Waals surface area contributed by atoms with E-state index in [2.05, 4.69) is 15.9 Å². The first-order chi connectivity index (χ1) is 6.06. The van der Waals surface area contributed by atoms with E-state index in [0.717, 1.165) is 16.7 Å². The van der Waals surface area contributed by atoms with Crippen molar-refractivity contribution >= 4 is 21.6 Å². The lowest BCUT2D eigenvalue weighted by Gasteiger charge is -2.03. The van der Waals surface area contributed by atoms with E-state index >= 15 is 0 Å². The van der Waals surface area contributed by atoms with Gasteiger partial charge in [0.2, 0.25) is 0 Å². The minimum Gasteiger partial charge on any atom is -0.258 e. The maximum Gasteiger partial charge on any atom is 0.273 e. The fourth-order valence-corrected chi connectivity index (χ4v) is 1.59. The fraction of sp³-hybridized carbons (Fsp3) is 0.333. The van der Waals surface area contributed by atoms with Crippen LogP contribution in [0.2, 0.25) is 0 Å². The molecule has 0 fully saturated rings. The standard InChI is InChI=1S/C9H10BrNO2/c1-6-3-8(5-10)9(11(12)13)4-7(6)2/h3-4H,5H2,1-2H3. The van der Waals surface area contributed by atoms with Gasteiger partial charge in [-0.1, -0.05) is 15.9 Å². The second-order valence-corrected chi connectivity index (χ2v) is 3.52. The molecule has 1 aromatic carbocycles. The monoisotopic (exact) mass is 243 g/mol. The molecule has 1 rings (SSSR count). The SMILES string of the molecule is Cc1cc(CBr)c([N+](=O)[O-])cc1C. The Hall–Kier alpha value is -0.900. The minimum atomic E-state index is -0.344. The van der Waals surface area contributed by atoms with Gasteiger partial charge < -0.3 is 0 Å². The molecule has 0 aliphatic carbocycles. The molecule has 13 heavy (non-hydrogen) atoms. The maximum absolute atomic E-state index is 10.6. The lowest BCUT2D eigenvalue weighted by atomic mass is 10.1. The summed E-state index contributed by atoms with van der Waals surface area (Å²) in [6.07, 6.45) is 0. The van der Waals surface area contributed by atoms with E-state index in [4.69, 9.17) is 0 Å². The third kappa shape index (κ3) is 2.06. The molecule has 0 N–H and O–H groups in total. The van der Waals surface area contributed by atoms with Crippen LogP contribution in [0.5, 0.6) is 0 Å². The molecule has 0 spiro atoms. The van der Waals surface area contributed by atoms with E-state index in [9.17, 15) is 10.1 Å². The van der Waals surface area contributed by atoms with Gasteiger partial charge in [0.1, 0.15) is 0 Å². The Labute approximate surface area is 85.0 Å². The summed E-state index contributed by atoms with van der Waals surface area (Å²) in [5, 5.41) is 11.1. The van der Waals surface area contributed by atoms with Gasteiger partial charge in [0.25, 0.3) is 5.69 Å². The average Bonchev–Trinajstić information content (AvgIpc) is 2.08. The lowest BCUT2D eigenvalue weighted by molar-refractivity contribution is -0.385. The van der Waals surface area contributed by atoms with E-state index < -0.39 is 0 Å². The number of hydrogen-bond acceptors (Lipinski definition) is 2. The number of hydrogen-bond donors (Lipinski definition) is 0. The minimum absolute atomic E-state index is 0.194. The largest absolute Gasteiger partial charge is 0.273 e. The van der Waals surface area contributed by atoms with Gasteiger partial charge in [0.15, 0.2) is 0 Å². The Kier molecular flexibility index (Phi) is 3.03. The molecule has 0 aromatic heterocycles. The normalized spacial score (nSPS) is 10.1. The van der Waals surface area contributed by atoms with Gasteiger partial charge in [-0.05, 0) is 31.0 Å². The summed E-state index contributed by atoms with van der Waals surface area (Å²) in [5.41, 5.74) is 2.96. The maximum atomic E-state index is 10.6. The van der Waals surface area contributed by atoms with E-state index in [1.54, 1.807) is 6.07 Å². The van der Waals surface area contributed by atoms with Crippen LogP contribution in [0.25, 0.3) is 0 Å². The third-order valence-corrected chi connectivity index (χ3v) is 2.64. The van der Waals surface area contributed by atoms with Crippen molar-refractivity contribution in [3.8, 4) is 0 Å². The van der Waals surface area contributed by atoms with Crippen molar-refractivity contribution in [1.29, 1.82) is 0 Å². The van der Waals surface area contributed by atoms with Crippen molar-refractivity contribution < 1.29 is 4.92 Å². The fourth-order valence-electron chi connectivity index (χ4n) is 1.14. The highest BCUT2D eigenvalue weighted by molar-refractivity contribution is 9.08. The number of nitrogens with zero attached hydrogens (tertiary/aromatic N) is 1. The predicted octanol–water partition coefficient (Wildman–Crippen LogP) is 3.11. The lowest BCUT2D eigenvalue weighted by Crippen LogP contribution is -1.95. The molecule has 0 heterocycles. The van der Waals surface area contributed by atoms with Crippen LogP contribution in [0.3, 0.4) is 0 Å². The molecule has 4 heteroatoms. The molecule has 1 aromatic rings. The summed E-state index contributed by atoms with van der Waals surface area (Å²) in [4.78, 5) is 10.3. The highest BCUT2D eigenvalue weighted by atomic mass is 79.9. The van der Waals surface area contributed by atoms with Crippen LogP contribution in [0.15, 0.2) is 12.1 Å². The Morgan fingerprint density at radius 3 is 2.38 bits per heavy atom. The molecule has 0 aliphatic rings. The number of aryl methyl sites for hydroxylation is 2. The van der Waals surface area contributed by atoms with Crippen molar-refractivity contribution in [1.82, 2.24) is 0 Å². The molecule has 3 nitrogen and oxygen atoms in total. The van der Waals surface area contributed by atoms with E-state index in [1.165, 1.54) is 0 Å². The van der Waals surface area contributed by atoms with Crippen LogP contribution in [-0.4, -0.2) is 4.92 Å². The van der Waals surface area contributed by atoms with Gasteiger partial charge in [-0.3, -0.25) is 10.1 Å². The highest BCUT2D eigenvalue weighted by Gasteiger charge is 2.13. The molecular formula is C9H10BrNO2. The van der Waals surface area contributed by atoms with Gasteiger partial charge in [-0.25, -0.2) is 0 Å². The van der Waals surface area contributed by atoms with Crippen molar-refractivity contribution in [2.45, 2.75) is 19.2 Å². The average molecular weight is 244 g/mol. The van der Waals surface area contributed by atoms with Crippen molar-refractivity contribution in [3.05, 3.63) is 38.9 Å². The number of alkyl halides is 1. The van der Waals surface area contributed by atoms with Crippen molar-refractivity contribution in [3.63, 3.8) is 0 Å². The van der Waals surface area contributed by atoms with E-state index in [-0.39, 0.29) is 10.6 Å². The van der Waals surface area contributed by atoms with Crippen LogP contribution in [0.4, 0.5) is 5.69 Å². The van der Waals surface area contributed by atoms with Crippen LogP contribution < -0.4 is 0 Å². The molecule has 0 amide bonds. The van der Waals surface area contributed by atoms with Crippen LogP contribution in [0, 0.1) is 24.0 Å². The smallest absolute Gasteiger partial charge is 0.258 e. The first kappa shape index (κ1) is 10.2. The molecule has 0 atom stereocenters. The number of rotatable bonds is 2. The first-order valence-corrected chi connectivity index (χ1v) is 4.99. The summed E-state index contributed by atoms with van der Waals surface area (Å²) >= 11 is 3.23. The molecule has 0 unspecified atom stereocenters. The number of nitro benzene ring substituents is 1. The van der Waals surface area contributed by atoms with Crippen molar-refractivity contribution in [2.24, 2.45) is 0 Å².